The molecule has 2 aromatic carbocycles. The number of rotatable bonds is 5. The number of benzene rings is 2. The van der Waals surface area contributed by atoms with Crippen molar-refractivity contribution in [2.24, 2.45) is 0 Å². The highest BCUT2D eigenvalue weighted by molar-refractivity contribution is 5.98. The average molecular weight is 478 g/mol. The van der Waals surface area contributed by atoms with Gasteiger partial charge in [-0.3, -0.25) is 4.79 Å². The van der Waals surface area contributed by atoms with Gasteiger partial charge in [-0.15, -0.1) is 0 Å². The highest BCUT2D eigenvalue weighted by Gasteiger charge is 2.29. The smallest absolute Gasteiger partial charge is 0.267 e. The van der Waals surface area contributed by atoms with Crippen molar-refractivity contribution >= 4 is 23.0 Å². The van der Waals surface area contributed by atoms with E-state index in [4.69, 9.17) is 10.00 Å². The lowest BCUT2D eigenvalue weighted by molar-refractivity contribution is -0.122. The first-order chi connectivity index (χ1) is 17.1. The lowest BCUT2D eigenvalue weighted by Crippen LogP contribution is -2.46. The number of piperazine rings is 1. The summed E-state index contributed by atoms with van der Waals surface area (Å²) in [5.74, 6) is 0.899. The van der Waals surface area contributed by atoms with Gasteiger partial charge in [-0.05, 0) is 55.1 Å². The van der Waals surface area contributed by atoms with Gasteiger partial charge in [0.05, 0.1) is 35.2 Å². The average Bonchev–Trinajstić information content (AvgIpc) is 3.43. The van der Waals surface area contributed by atoms with Crippen LogP contribution < -0.4 is 20.3 Å². The van der Waals surface area contributed by atoms with Crippen molar-refractivity contribution in [2.45, 2.75) is 44.6 Å². The molecule has 0 radical (unpaired) electrons. The number of anilines is 3. The van der Waals surface area contributed by atoms with Gasteiger partial charge in [0.2, 0.25) is 0 Å². The van der Waals surface area contributed by atoms with E-state index in [2.05, 4.69) is 39.5 Å². The number of hydrogen-bond acceptors (Lipinski definition) is 7. The standard InChI is InChI=1S/C27H33N5O3.H2/c1-2-31-9-11-32(12-10-31)23-14-20(19-5-3-4-6-19)24(33)15-21(23)30-27(34)26-17-29-22-13-18(16-28)7-8-25(22)35-26;/h7-8,13-15,19,26,29,33H,2-6,9-12,17H2,1H3,(H,30,34);1H. The molecule has 1 amide bonds. The first-order valence-electron chi connectivity index (χ1n) is 12.7. The molecule has 5 rings (SSSR count). The van der Waals surface area contributed by atoms with E-state index in [0.29, 0.717) is 35.2 Å². The molecule has 2 heterocycles. The third-order valence-corrected chi connectivity index (χ3v) is 7.51. The molecule has 1 saturated heterocycles. The minimum absolute atomic E-state index is 0. The Bertz CT molecular complexity index is 1140. The topological polar surface area (TPSA) is 101 Å². The van der Waals surface area contributed by atoms with Crippen LogP contribution in [-0.4, -0.2) is 61.3 Å². The minimum Gasteiger partial charge on any atom is -0.508 e. The Balaban J connectivity index is 0.00000304. The van der Waals surface area contributed by atoms with Crippen LogP contribution in [0.15, 0.2) is 30.3 Å². The fourth-order valence-electron chi connectivity index (χ4n) is 5.42. The summed E-state index contributed by atoms with van der Waals surface area (Å²) >= 11 is 0. The van der Waals surface area contributed by atoms with Crippen molar-refractivity contribution in [2.75, 3.05) is 54.8 Å². The lowest BCUT2D eigenvalue weighted by Gasteiger charge is -2.37. The fraction of sp³-hybridized carbons (Fsp3) is 0.481. The molecule has 3 aliphatic rings. The second kappa shape index (κ2) is 10.0. The molecular formula is C27H35N5O3. The maximum absolute atomic E-state index is 13.2. The molecule has 35 heavy (non-hydrogen) atoms. The molecule has 1 unspecified atom stereocenters. The van der Waals surface area contributed by atoms with E-state index in [0.717, 1.165) is 56.8 Å². The van der Waals surface area contributed by atoms with Crippen molar-refractivity contribution in [3.05, 3.63) is 41.5 Å². The molecule has 0 spiro atoms. The van der Waals surface area contributed by atoms with E-state index < -0.39 is 6.10 Å². The summed E-state index contributed by atoms with van der Waals surface area (Å²) < 4.78 is 5.95. The summed E-state index contributed by atoms with van der Waals surface area (Å²) in [5.41, 5.74) is 3.82. The number of ether oxygens (including phenoxy) is 1. The van der Waals surface area contributed by atoms with E-state index in [-0.39, 0.29) is 13.1 Å². The molecule has 8 heteroatoms. The van der Waals surface area contributed by atoms with Gasteiger partial charge in [-0.1, -0.05) is 19.8 Å². The quantitative estimate of drug-likeness (QED) is 0.595. The normalized spacial score (nSPS) is 20.5. The summed E-state index contributed by atoms with van der Waals surface area (Å²) in [5, 5.41) is 26.3. The van der Waals surface area contributed by atoms with Crippen molar-refractivity contribution in [3.8, 4) is 17.6 Å². The van der Waals surface area contributed by atoms with Crippen LogP contribution >= 0.6 is 0 Å². The number of likely N-dealkylation sites (N-methyl/N-ethyl adjacent to an activating group) is 1. The highest BCUT2D eigenvalue weighted by Crippen LogP contribution is 2.43. The van der Waals surface area contributed by atoms with Crippen molar-refractivity contribution in [1.29, 1.82) is 5.26 Å². The van der Waals surface area contributed by atoms with Crippen LogP contribution in [0.1, 0.15) is 51.1 Å². The van der Waals surface area contributed by atoms with Crippen molar-refractivity contribution in [3.63, 3.8) is 0 Å². The second-order valence-electron chi connectivity index (χ2n) is 9.63. The summed E-state index contributed by atoms with van der Waals surface area (Å²) in [4.78, 5) is 18.0. The molecule has 2 fully saturated rings. The Labute approximate surface area is 208 Å². The van der Waals surface area contributed by atoms with Crippen LogP contribution in [0.2, 0.25) is 0 Å². The maximum Gasteiger partial charge on any atom is 0.267 e. The predicted molar refractivity (Wildman–Crippen MR) is 138 cm³/mol. The van der Waals surface area contributed by atoms with Gasteiger partial charge in [0.1, 0.15) is 11.5 Å². The number of aromatic hydroxyl groups is 1. The summed E-state index contributed by atoms with van der Waals surface area (Å²) in [6.45, 7) is 7.20. The molecule has 2 aromatic rings. The summed E-state index contributed by atoms with van der Waals surface area (Å²) in [6, 6.07) is 11.0. The molecule has 186 valence electrons. The van der Waals surface area contributed by atoms with E-state index in [1.807, 2.05) is 0 Å². The third kappa shape index (κ3) is 4.87. The summed E-state index contributed by atoms with van der Waals surface area (Å²) in [6.07, 6.45) is 3.84. The van der Waals surface area contributed by atoms with E-state index in [1.54, 1.807) is 24.3 Å². The van der Waals surface area contributed by atoms with Gasteiger partial charge >= 0.3 is 0 Å². The third-order valence-electron chi connectivity index (χ3n) is 7.51. The molecule has 1 aliphatic carbocycles. The number of fused-ring (bicyclic) bond motifs is 1. The zero-order valence-corrected chi connectivity index (χ0v) is 20.2. The number of nitrogens with zero attached hydrogens (tertiary/aromatic N) is 3. The largest absolute Gasteiger partial charge is 0.508 e. The molecular weight excluding hydrogens is 442 g/mol. The van der Waals surface area contributed by atoms with Gasteiger partial charge in [0, 0.05) is 33.7 Å². The Kier molecular flexibility index (Phi) is 6.69. The second-order valence-corrected chi connectivity index (χ2v) is 9.63. The van der Waals surface area contributed by atoms with Crippen LogP contribution in [0, 0.1) is 11.3 Å². The number of hydrogen-bond donors (Lipinski definition) is 3. The number of nitrogens with one attached hydrogen (secondary N) is 2. The molecule has 0 aromatic heterocycles. The van der Waals surface area contributed by atoms with Crippen LogP contribution in [-0.2, 0) is 4.79 Å². The van der Waals surface area contributed by atoms with Crippen molar-refractivity contribution < 1.29 is 16.1 Å². The van der Waals surface area contributed by atoms with Gasteiger partial charge in [-0.25, -0.2) is 0 Å². The van der Waals surface area contributed by atoms with Gasteiger partial charge < -0.3 is 30.3 Å². The van der Waals surface area contributed by atoms with E-state index >= 15 is 0 Å². The lowest BCUT2D eigenvalue weighted by atomic mass is 9.95. The first-order valence-corrected chi connectivity index (χ1v) is 12.7. The fourth-order valence-corrected chi connectivity index (χ4v) is 5.42. The zero-order chi connectivity index (χ0) is 24.4. The van der Waals surface area contributed by atoms with Gasteiger partial charge in [-0.2, -0.15) is 5.26 Å². The molecule has 0 bridgehead atoms. The number of nitriles is 1. The number of carbonyl (C=O) groups is 1. The summed E-state index contributed by atoms with van der Waals surface area (Å²) in [7, 11) is 0. The Hall–Kier alpha value is -3.44. The zero-order valence-electron chi connectivity index (χ0n) is 20.2. The van der Waals surface area contributed by atoms with Gasteiger partial charge in [0.15, 0.2) is 6.10 Å². The number of carbonyl (C=O) groups excluding carboxylic acids is 1. The molecule has 2 aliphatic heterocycles. The van der Waals surface area contributed by atoms with Crippen molar-refractivity contribution in [1.82, 2.24) is 4.90 Å². The van der Waals surface area contributed by atoms with Gasteiger partial charge in [0.25, 0.3) is 5.91 Å². The van der Waals surface area contributed by atoms with Crippen LogP contribution in [0.4, 0.5) is 17.1 Å². The van der Waals surface area contributed by atoms with Crippen LogP contribution in [0.25, 0.3) is 0 Å². The van der Waals surface area contributed by atoms with E-state index in [9.17, 15) is 9.90 Å². The molecule has 1 atom stereocenters. The van der Waals surface area contributed by atoms with E-state index in [1.165, 1.54) is 12.8 Å². The molecule has 1 saturated carbocycles. The van der Waals surface area contributed by atoms with Crippen LogP contribution in [0.3, 0.4) is 0 Å². The number of amides is 1. The highest BCUT2D eigenvalue weighted by atomic mass is 16.5. The monoisotopic (exact) mass is 477 g/mol. The maximum atomic E-state index is 13.2. The number of phenolic OH excluding ortho intramolecular Hbond substituents is 1. The SMILES string of the molecule is CCN1CCN(c2cc(C3CCCC3)c(O)cc2NC(=O)C2CNc3cc(C#N)ccc3O2)CC1.[HH]. The Morgan fingerprint density at radius 1 is 1.23 bits per heavy atom. The minimum atomic E-state index is -0.725. The Morgan fingerprint density at radius 3 is 2.71 bits per heavy atom. The number of phenols is 1. The van der Waals surface area contributed by atoms with Crippen LogP contribution in [0.5, 0.6) is 11.5 Å². The molecule has 8 nitrogen and oxygen atoms in total. The molecule has 3 N–H and O–H groups in total. The first kappa shape index (κ1) is 23.3. The Morgan fingerprint density at radius 2 is 2.00 bits per heavy atom. The predicted octanol–water partition coefficient (Wildman–Crippen LogP) is 4.12.